The summed E-state index contributed by atoms with van der Waals surface area (Å²) in [6.45, 7) is -0.483. The van der Waals surface area contributed by atoms with Crippen LogP contribution in [0.2, 0.25) is 0 Å². The summed E-state index contributed by atoms with van der Waals surface area (Å²) in [6.07, 6.45) is 1.68. The average molecular weight is 512 g/mol. The molecule has 35 heavy (non-hydrogen) atoms. The van der Waals surface area contributed by atoms with Gasteiger partial charge in [-0.15, -0.1) is 16.2 Å². The van der Waals surface area contributed by atoms with Crippen LogP contribution in [0.5, 0.6) is 0 Å². The summed E-state index contributed by atoms with van der Waals surface area (Å²) in [7, 11) is -3.96. The molecule has 3 aromatic carbocycles. The Morgan fingerprint density at radius 1 is 1.06 bits per heavy atom. The molecule has 0 aliphatic carbocycles. The van der Waals surface area contributed by atoms with Crippen molar-refractivity contribution < 1.29 is 27.7 Å². The monoisotopic (exact) mass is 511 g/mol. The molecule has 0 saturated heterocycles. The summed E-state index contributed by atoms with van der Waals surface area (Å²) < 4.78 is 33.6. The molecule has 0 bridgehead atoms. The van der Waals surface area contributed by atoms with Crippen LogP contribution in [0.15, 0.2) is 80.9 Å². The van der Waals surface area contributed by atoms with E-state index >= 15 is 0 Å². The molecule has 0 saturated carbocycles. The SMILES string of the molecule is CSc1ccc(C(=O)c2ccccc2C(=O)OCC2=NS(=O)(=O)c3ccccc3N2)cc1[N+](=O)[O-]. The zero-order valence-corrected chi connectivity index (χ0v) is 19.8. The molecule has 4 rings (SSSR count). The first kappa shape index (κ1) is 24.1. The Balaban J connectivity index is 1.57. The van der Waals surface area contributed by atoms with Crippen LogP contribution in [0.4, 0.5) is 11.4 Å². The number of benzene rings is 3. The van der Waals surface area contributed by atoms with E-state index in [1.807, 2.05) is 0 Å². The molecule has 1 N–H and O–H groups in total. The van der Waals surface area contributed by atoms with Crippen molar-refractivity contribution >= 4 is 50.7 Å². The molecule has 10 nitrogen and oxygen atoms in total. The molecule has 3 aromatic rings. The Morgan fingerprint density at radius 3 is 2.46 bits per heavy atom. The number of fused-ring (bicyclic) bond motifs is 1. The second-order valence-electron chi connectivity index (χ2n) is 7.23. The van der Waals surface area contributed by atoms with Gasteiger partial charge in [0.2, 0.25) is 0 Å². The highest BCUT2D eigenvalue weighted by molar-refractivity contribution is 7.98. The average Bonchev–Trinajstić information content (AvgIpc) is 2.86. The number of esters is 1. The van der Waals surface area contributed by atoms with Crippen molar-refractivity contribution in [2.75, 3.05) is 18.2 Å². The Morgan fingerprint density at radius 2 is 1.74 bits per heavy atom. The van der Waals surface area contributed by atoms with Crippen LogP contribution in [0.25, 0.3) is 0 Å². The molecule has 0 spiro atoms. The van der Waals surface area contributed by atoms with Gasteiger partial charge in [-0.2, -0.15) is 8.42 Å². The van der Waals surface area contributed by atoms with Gasteiger partial charge in [0, 0.05) is 17.2 Å². The Labute approximate surface area is 204 Å². The maximum absolute atomic E-state index is 13.1. The van der Waals surface area contributed by atoms with Gasteiger partial charge in [-0.3, -0.25) is 14.9 Å². The summed E-state index contributed by atoms with van der Waals surface area (Å²) in [4.78, 5) is 37.1. The number of para-hydroxylation sites is 1. The number of ether oxygens (including phenoxy) is 1. The van der Waals surface area contributed by atoms with Gasteiger partial charge < -0.3 is 10.1 Å². The number of nitro groups is 1. The lowest BCUT2D eigenvalue weighted by atomic mass is 9.98. The second-order valence-corrected chi connectivity index (χ2v) is 9.65. The molecule has 12 heteroatoms. The number of nitrogens with zero attached hydrogens (tertiary/aromatic N) is 2. The number of anilines is 1. The van der Waals surface area contributed by atoms with E-state index in [0.29, 0.717) is 10.6 Å². The molecule has 0 unspecified atom stereocenters. The van der Waals surface area contributed by atoms with Crippen LogP contribution < -0.4 is 5.32 Å². The molecule has 1 heterocycles. The minimum atomic E-state index is -3.96. The predicted octanol–water partition coefficient (Wildman–Crippen LogP) is 3.92. The normalized spacial score (nSPS) is 13.7. The van der Waals surface area contributed by atoms with Crippen molar-refractivity contribution in [1.29, 1.82) is 0 Å². The van der Waals surface area contributed by atoms with Gasteiger partial charge in [0.1, 0.15) is 4.90 Å². The number of sulfonamides is 1. The standard InChI is InChI=1S/C23H17N3O7S2/c1-34-19-11-10-14(12-18(19)26(29)30)22(27)15-6-2-3-7-16(15)23(28)33-13-21-24-17-8-4-5-9-20(17)35(31,32)25-21/h2-12H,13H2,1H3,(H,24,25). The van der Waals surface area contributed by atoms with Gasteiger partial charge in [0.25, 0.3) is 15.7 Å². The fourth-order valence-electron chi connectivity index (χ4n) is 3.43. The third-order valence-corrected chi connectivity index (χ3v) is 7.20. The number of thioether (sulfide) groups is 1. The Kier molecular flexibility index (Phi) is 6.67. The zero-order chi connectivity index (χ0) is 25.2. The Bertz CT molecular complexity index is 1500. The first-order chi connectivity index (χ1) is 16.7. The topological polar surface area (TPSA) is 145 Å². The third kappa shape index (κ3) is 4.93. The summed E-state index contributed by atoms with van der Waals surface area (Å²) in [5.74, 6) is -1.58. The van der Waals surface area contributed by atoms with Gasteiger partial charge >= 0.3 is 5.97 Å². The van der Waals surface area contributed by atoms with Crippen molar-refractivity contribution in [2.45, 2.75) is 9.79 Å². The fourth-order valence-corrected chi connectivity index (χ4v) is 5.11. The van der Waals surface area contributed by atoms with Crippen LogP contribution in [0, 0.1) is 10.1 Å². The van der Waals surface area contributed by atoms with E-state index in [-0.39, 0.29) is 33.1 Å². The number of rotatable bonds is 7. The highest BCUT2D eigenvalue weighted by Crippen LogP contribution is 2.30. The molecule has 0 amide bonds. The van der Waals surface area contributed by atoms with E-state index in [9.17, 15) is 28.1 Å². The van der Waals surface area contributed by atoms with Gasteiger partial charge in [-0.25, -0.2) is 4.79 Å². The first-order valence-electron chi connectivity index (χ1n) is 10.0. The smallest absolute Gasteiger partial charge is 0.339 e. The van der Waals surface area contributed by atoms with Crippen molar-refractivity contribution in [2.24, 2.45) is 4.40 Å². The van der Waals surface area contributed by atoms with E-state index in [1.165, 1.54) is 54.2 Å². The largest absolute Gasteiger partial charge is 0.454 e. The van der Waals surface area contributed by atoms with Crippen molar-refractivity contribution in [3.8, 4) is 0 Å². The molecule has 0 atom stereocenters. The lowest BCUT2D eigenvalue weighted by molar-refractivity contribution is -0.387. The molecule has 0 fully saturated rings. The van der Waals surface area contributed by atoms with Crippen LogP contribution in [-0.2, 0) is 14.8 Å². The molecule has 1 aliphatic rings. The highest BCUT2D eigenvalue weighted by Gasteiger charge is 2.26. The molecular formula is C23H17N3O7S2. The van der Waals surface area contributed by atoms with E-state index in [2.05, 4.69) is 9.71 Å². The Hall–Kier alpha value is -4.03. The van der Waals surface area contributed by atoms with Crippen LogP contribution in [0.3, 0.4) is 0 Å². The fraction of sp³-hybridized carbons (Fsp3) is 0.0870. The zero-order valence-electron chi connectivity index (χ0n) is 18.1. The number of ketones is 1. The summed E-state index contributed by atoms with van der Waals surface area (Å²) in [5, 5.41) is 14.2. The van der Waals surface area contributed by atoms with Crippen LogP contribution >= 0.6 is 11.8 Å². The number of carbonyl (C=O) groups is 2. The number of nitrogens with one attached hydrogen (secondary N) is 1. The van der Waals surface area contributed by atoms with E-state index in [4.69, 9.17) is 4.74 Å². The van der Waals surface area contributed by atoms with Gasteiger partial charge in [0.05, 0.1) is 21.1 Å². The van der Waals surface area contributed by atoms with Crippen LogP contribution in [-0.4, -0.2) is 43.8 Å². The maximum Gasteiger partial charge on any atom is 0.339 e. The second kappa shape index (κ2) is 9.68. The van der Waals surface area contributed by atoms with Gasteiger partial charge in [-0.05, 0) is 36.6 Å². The van der Waals surface area contributed by atoms with E-state index in [0.717, 1.165) is 0 Å². The quantitative estimate of drug-likeness (QED) is 0.164. The van der Waals surface area contributed by atoms with Gasteiger partial charge in [0.15, 0.2) is 18.2 Å². The van der Waals surface area contributed by atoms with Crippen molar-refractivity contribution in [3.05, 3.63) is 93.5 Å². The number of hydrogen-bond acceptors (Lipinski definition) is 9. The maximum atomic E-state index is 13.1. The summed E-state index contributed by atoms with van der Waals surface area (Å²) >= 11 is 1.18. The number of amidine groups is 1. The third-order valence-electron chi connectivity index (χ3n) is 5.04. The highest BCUT2D eigenvalue weighted by atomic mass is 32.2. The lowest BCUT2D eigenvalue weighted by Crippen LogP contribution is -2.27. The summed E-state index contributed by atoms with van der Waals surface area (Å²) in [6, 6.07) is 16.1. The molecule has 0 radical (unpaired) electrons. The molecular weight excluding hydrogens is 494 g/mol. The van der Waals surface area contributed by atoms with E-state index < -0.39 is 33.3 Å². The molecule has 1 aliphatic heterocycles. The van der Waals surface area contributed by atoms with Crippen molar-refractivity contribution in [3.63, 3.8) is 0 Å². The van der Waals surface area contributed by atoms with E-state index in [1.54, 1.807) is 30.5 Å². The number of hydrogen-bond donors (Lipinski definition) is 1. The molecule has 178 valence electrons. The number of carbonyl (C=O) groups excluding carboxylic acids is 2. The predicted molar refractivity (Wildman–Crippen MR) is 130 cm³/mol. The lowest BCUT2D eigenvalue weighted by Gasteiger charge is -2.18. The first-order valence-corrected chi connectivity index (χ1v) is 12.7. The summed E-state index contributed by atoms with van der Waals surface area (Å²) in [5.41, 5.74) is 0.0374. The van der Waals surface area contributed by atoms with Crippen molar-refractivity contribution in [1.82, 2.24) is 0 Å². The molecule has 0 aromatic heterocycles. The van der Waals surface area contributed by atoms with Gasteiger partial charge in [-0.1, -0.05) is 30.3 Å². The minimum absolute atomic E-state index is 0.00704. The minimum Gasteiger partial charge on any atom is -0.454 e. The number of nitro benzene ring substituents is 1. The van der Waals surface area contributed by atoms with Crippen LogP contribution in [0.1, 0.15) is 26.3 Å².